The molecule has 122 valence electrons. The van der Waals surface area contributed by atoms with Crippen LogP contribution in [-0.4, -0.2) is 22.3 Å². The summed E-state index contributed by atoms with van der Waals surface area (Å²) in [5.41, 5.74) is 2.59. The minimum atomic E-state index is -0.00618. The summed E-state index contributed by atoms with van der Waals surface area (Å²) in [6.07, 6.45) is 4.07. The van der Waals surface area contributed by atoms with Gasteiger partial charge in [-0.3, -0.25) is 5.10 Å². The Morgan fingerprint density at radius 1 is 1.00 bits per heavy atom. The average Bonchev–Trinajstić information content (AvgIpc) is 3.32. The number of methoxy groups -OCH3 is 1. The van der Waals surface area contributed by atoms with Crippen LogP contribution < -0.4 is 4.74 Å². The van der Waals surface area contributed by atoms with Gasteiger partial charge in [0.05, 0.1) is 12.5 Å². The highest BCUT2D eigenvalue weighted by atomic mass is 16.5. The van der Waals surface area contributed by atoms with E-state index < -0.39 is 0 Å². The van der Waals surface area contributed by atoms with E-state index in [1.807, 2.05) is 18.2 Å². The predicted molar refractivity (Wildman–Crippen MR) is 93.2 cm³/mol. The van der Waals surface area contributed by atoms with Crippen LogP contribution in [0.1, 0.15) is 35.6 Å². The predicted octanol–water partition coefficient (Wildman–Crippen LogP) is 3.68. The van der Waals surface area contributed by atoms with Gasteiger partial charge in [0.15, 0.2) is 5.82 Å². The van der Waals surface area contributed by atoms with E-state index in [0.29, 0.717) is 0 Å². The zero-order valence-electron chi connectivity index (χ0n) is 13.8. The Balaban J connectivity index is 1.49. The van der Waals surface area contributed by atoms with E-state index in [1.165, 1.54) is 11.1 Å². The minimum Gasteiger partial charge on any atom is -0.497 e. The topological polar surface area (TPSA) is 50.8 Å². The first-order chi connectivity index (χ1) is 11.8. The lowest BCUT2D eigenvalue weighted by molar-refractivity contribution is 0.414. The van der Waals surface area contributed by atoms with Crippen LogP contribution in [0.15, 0.2) is 54.6 Å². The molecule has 1 aliphatic carbocycles. The van der Waals surface area contributed by atoms with Crippen molar-refractivity contribution in [3.8, 4) is 5.75 Å². The summed E-state index contributed by atoms with van der Waals surface area (Å²) in [5, 5.41) is 7.64. The molecule has 0 saturated heterocycles. The molecule has 0 spiro atoms. The van der Waals surface area contributed by atoms with Crippen LogP contribution in [-0.2, 0) is 18.3 Å². The summed E-state index contributed by atoms with van der Waals surface area (Å²) in [5.74, 6) is 2.78. The second-order valence-electron chi connectivity index (χ2n) is 6.40. The zero-order valence-corrected chi connectivity index (χ0v) is 13.8. The molecule has 2 aromatic carbocycles. The fourth-order valence-electron chi connectivity index (χ4n) is 3.20. The number of aromatic amines is 1. The summed E-state index contributed by atoms with van der Waals surface area (Å²) < 4.78 is 5.25. The van der Waals surface area contributed by atoms with Crippen molar-refractivity contribution in [1.82, 2.24) is 15.2 Å². The van der Waals surface area contributed by atoms with Gasteiger partial charge in [0.2, 0.25) is 0 Å². The molecule has 0 amide bonds. The van der Waals surface area contributed by atoms with Crippen molar-refractivity contribution in [2.75, 3.05) is 7.11 Å². The van der Waals surface area contributed by atoms with Gasteiger partial charge in [-0.15, -0.1) is 0 Å². The van der Waals surface area contributed by atoms with Gasteiger partial charge in [-0.25, -0.2) is 4.98 Å². The SMILES string of the molecule is COc1ccc(C2(c3n[nH]c(CCc4ccccc4)n3)CC2)cc1. The van der Waals surface area contributed by atoms with E-state index in [4.69, 9.17) is 9.72 Å². The molecule has 1 saturated carbocycles. The van der Waals surface area contributed by atoms with E-state index >= 15 is 0 Å². The standard InChI is InChI=1S/C20H21N3O/c1-24-17-10-8-16(9-11-17)20(13-14-20)19-21-18(22-23-19)12-7-15-5-3-2-4-6-15/h2-6,8-11H,7,12-14H2,1H3,(H,21,22,23). The fourth-order valence-corrected chi connectivity index (χ4v) is 3.20. The molecule has 1 N–H and O–H groups in total. The van der Waals surface area contributed by atoms with Gasteiger partial charge < -0.3 is 4.74 Å². The monoisotopic (exact) mass is 319 g/mol. The molecule has 1 aromatic heterocycles. The van der Waals surface area contributed by atoms with Crippen LogP contribution >= 0.6 is 0 Å². The number of hydrogen-bond donors (Lipinski definition) is 1. The van der Waals surface area contributed by atoms with Crippen molar-refractivity contribution in [3.05, 3.63) is 77.4 Å². The van der Waals surface area contributed by atoms with E-state index in [9.17, 15) is 0 Å². The van der Waals surface area contributed by atoms with Gasteiger partial charge in [-0.2, -0.15) is 5.10 Å². The quantitative estimate of drug-likeness (QED) is 0.754. The minimum absolute atomic E-state index is 0.00618. The number of ether oxygens (including phenoxy) is 1. The lowest BCUT2D eigenvalue weighted by Crippen LogP contribution is -2.11. The summed E-state index contributed by atoms with van der Waals surface area (Å²) in [7, 11) is 1.69. The van der Waals surface area contributed by atoms with E-state index in [0.717, 1.165) is 43.1 Å². The molecule has 1 fully saturated rings. The average molecular weight is 319 g/mol. The lowest BCUT2D eigenvalue weighted by Gasteiger charge is -2.12. The number of H-pyrrole nitrogens is 1. The van der Waals surface area contributed by atoms with E-state index in [2.05, 4.69) is 46.6 Å². The highest BCUT2D eigenvalue weighted by Gasteiger charge is 2.49. The molecule has 1 aliphatic rings. The molecule has 1 heterocycles. The third-order valence-corrected chi connectivity index (χ3v) is 4.85. The smallest absolute Gasteiger partial charge is 0.161 e. The number of aryl methyl sites for hydroxylation is 2. The molecule has 0 radical (unpaired) electrons. The molecule has 0 aliphatic heterocycles. The molecule has 24 heavy (non-hydrogen) atoms. The molecule has 0 atom stereocenters. The first kappa shape index (κ1) is 14.9. The highest BCUT2D eigenvalue weighted by molar-refractivity contribution is 5.41. The van der Waals surface area contributed by atoms with Crippen molar-refractivity contribution in [1.29, 1.82) is 0 Å². The molecular formula is C20H21N3O. The van der Waals surface area contributed by atoms with Gasteiger partial charge in [-0.05, 0) is 42.5 Å². The van der Waals surface area contributed by atoms with Gasteiger partial charge in [0.1, 0.15) is 11.6 Å². The van der Waals surface area contributed by atoms with E-state index in [-0.39, 0.29) is 5.41 Å². The van der Waals surface area contributed by atoms with Crippen LogP contribution in [0, 0.1) is 0 Å². The van der Waals surface area contributed by atoms with Crippen LogP contribution in [0.25, 0.3) is 0 Å². The molecule has 3 aromatic rings. The molecule has 0 unspecified atom stereocenters. The number of aromatic nitrogens is 3. The lowest BCUT2D eigenvalue weighted by atomic mass is 9.95. The summed E-state index contributed by atoms with van der Waals surface area (Å²) in [4.78, 5) is 4.78. The molecule has 4 heteroatoms. The maximum Gasteiger partial charge on any atom is 0.161 e. The summed E-state index contributed by atoms with van der Waals surface area (Å²) in [6.45, 7) is 0. The Labute approximate surface area is 141 Å². The Bertz CT molecular complexity index is 804. The van der Waals surface area contributed by atoms with Crippen molar-refractivity contribution in [2.24, 2.45) is 0 Å². The van der Waals surface area contributed by atoms with Gasteiger partial charge in [0.25, 0.3) is 0 Å². The van der Waals surface area contributed by atoms with Crippen molar-refractivity contribution in [2.45, 2.75) is 31.1 Å². The highest BCUT2D eigenvalue weighted by Crippen LogP contribution is 2.52. The molecule has 0 bridgehead atoms. The number of nitrogens with zero attached hydrogens (tertiary/aromatic N) is 2. The first-order valence-corrected chi connectivity index (χ1v) is 8.40. The number of nitrogens with one attached hydrogen (secondary N) is 1. The number of rotatable bonds is 6. The van der Waals surface area contributed by atoms with Crippen LogP contribution in [0.2, 0.25) is 0 Å². The largest absolute Gasteiger partial charge is 0.497 e. The maximum absolute atomic E-state index is 5.25. The Morgan fingerprint density at radius 2 is 1.75 bits per heavy atom. The van der Waals surface area contributed by atoms with E-state index in [1.54, 1.807) is 7.11 Å². The Hall–Kier alpha value is -2.62. The van der Waals surface area contributed by atoms with Crippen molar-refractivity contribution < 1.29 is 4.74 Å². The number of benzene rings is 2. The molecule has 4 nitrogen and oxygen atoms in total. The van der Waals surface area contributed by atoms with Gasteiger partial charge >= 0.3 is 0 Å². The Morgan fingerprint density at radius 3 is 2.42 bits per heavy atom. The van der Waals surface area contributed by atoms with Crippen molar-refractivity contribution >= 4 is 0 Å². The number of hydrogen-bond acceptors (Lipinski definition) is 3. The van der Waals surface area contributed by atoms with Crippen LogP contribution in [0.4, 0.5) is 0 Å². The first-order valence-electron chi connectivity index (χ1n) is 8.40. The van der Waals surface area contributed by atoms with Crippen LogP contribution in [0.5, 0.6) is 5.75 Å². The third-order valence-electron chi connectivity index (χ3n) is 4.85. The van der Waals surface area contributed by atoms with Crippen LogP contribution in [0.3, 0.4) is 0 Å². The molecule has 4 rings (SSSR count). The second-order valence-corrected chi connectivity index (χ2v) is 6.40. The second kappa shape index (κ2) is 6.11. The Kier molecular flexibility index (Phi) is 3.81. The fraction of sp³-hybridized carbons (Fsp3) is 0.300. The zero-order chi connectivity index (χ0) is 16.4. The summed E-state index contributed by atoms with van der Waals surface area (Å²) >= 11 is 0. The van der Waals surface area contributed by atoms with Gasteiger partial charge in [-0.1, -0.05) is 42.5 Å². The summed E-state index contributed by atoms with van der Waals surface area (Å²) in [6, 6.07) is 18.8. The third kappa shape index (κ3) is 2.80. The van der Waals surface area contributed by atoms with Gasteiger partial charge in [0, 0.05) is 6.42 Å². The molecular weight excluding hydrogens is 298 g/mol. The van der Waals surface area contributed by atoms with Crippen molar-refractivity contribution in [3.63, 3.8) is 0 Å². The maximum atomic E-state index is 5.25. The normalized spacial score (nSPS) is 15.2.